The second-order valence-electron chi connectivity index (χ2n) is 6.77. The number of sulfonamides is 1. The first-order valence-electron chi connectivity index (χ1n) is 9.01. The van der Waals surface area contributed by atoms with Gasteiger partial charge in [-0.1, -0.05) is 0 Å². The summed E-state index contributed by atoms with van der Waals surface area (Å²) in [6.45, 7) is 1.90. The van der Waals surface area contributed by atoms with Crippen LogP contribution in [0.15, 0.2) is 60.8 Å². The van der Waals surface area contributed by atoms with E-state index in [-0.39, 0.29) is 6.61 Å². The molecule has 0 aliphatic carbocycles. The molecule has 2 aromatic carbocycles. The molecule has 31 heavy (non-hydrogen) atoms. The number of pyridine rings is 1. The molecular weight excluding hydrogens is 433 g/mol. The SMILES string of the molecule is Cc1cc(NS(C)(=O)=O)ccc1Oc1ccc(COc2ccc(C(F)(F)F)cc2)cn1. The maximum atomic E-state index is 12.6. The maximum Gasteiger partial charge on any atom is 0.416 e. The number of nitrogens with zero attached hydrogens (tertiary/aromatic N) is 1. The van der Waals surface area contributed by atoms with Crippen LogP contribution in [0, 0.1) is 6.92 Å². The molecule has 10 heteroatoms. The third-order valence-electron chi connectivity index (χ3n) is 4.08. The van der Waals surface area contributed by atoms with Crippen molar-refractivity contribution in [1.29, 1.82) is 0 Å². The van der Waals surface area contributed by atoms with E-state index in [2.05, 4.69) is 9.71 Å². The van der Waals surface area contributed by atoms with Gasteiger partial charge in [-0.15, -0.1) is 0 Å². The molecule has 0 fully saturated rings. The standard InChI is InChI=1S/C21H19F3N2O4S/c1-14-11-17(26-31(2,27)28)6-9-19(14)30-20-10-3-15(12-25-20)13-29-18-7-4-16(5-8-18)21(22,23)24/h3-12,26H,13H2,1-2H3. The van der Waals surface area contributed by atoms with Crippen LogP contribution in [0.1, 0.15) is 16.7 Å². The minimum Gasteiger partial charge on any atom is -0.489 e. The van der Waals surface area contributed by atoms with Gasteiger partial charge in [0.2, 0.25) is 15.9 Å². The molecule has 0 atom stereocenters. The van der Waals surface area contributed by atoms with Gasteiger partial charge in [0.05, 0.1) is 11.8 Å². The highest BCUT2D eigenvalue weighted by atomic mass is 32.2. The fourth-order valence-corrected chi connectivity index (χ4v) is 3.17. The van der Waals surface area contributed by atoms with Crippen LogP contribution in [0.4, 0.5) is 18.9 Å². The molecule has 0 amide bonds. The predicted octanol–water partition coefficient (Wildman–Crippen LogP) is 5.15. The zero-order chi connectivity index (χ0) is 22.6. The van der Waals surface area contributed by atoms with Crippen LogP contribution in [0.2, 0.25) is 0 Å². The number of aryl methyl sites for hydroxylation is 1. The molecule has 0 aliphatic rings. The fourth-order valence-electron chi connectivity index (χ4n) is 2.62. The number of nitrogens with one attached hydrogen (secondary N) is 1. The molecule has 1 heterocycles. The number of alkyl halides is 3. The Morgan fingerprint density at radius 1 is 1.03 bits per heavy atom. The Balaban J connectivity index is 1.59. The number of aromatic nitrogens is 1. The van der Waals surface area contributed by atoms with Gasteiger partial charge in [-0.05, 0) is 61.0 Å². The monoisotopic (exact) mass is 452 g/mol. The number of halogens is 3. The second kappa shape index (κ2) is 8.84. The van der Waals surface area contributed by atoms with Crippen molar-refractivity contribution in [2.24, 2.45) is 0 Å². The molecule has 0 bridgehead atoms. The molecule has 0 radical (unpaired) electrons. The fraction of sp³-hybridized carbons (Fsp3) is 0.190. The predicted molar refractivity (Wildman–Crippen MR) is 110 cm³/mol. The summed E-state index contributed by atoms with van der Waals surface area (Å²) in [6.07, 6.45) is -1.78. The van der Waals surface area contributed by atoms with E-state index in [1.54, 1.807) is 37.3 Å². The number of rotatable bonds is 7. The van der Waals surface area contributed by atoms with Crippen molar-refractivity contribution in [1.82, 2.24) is 4.98 Å². The van der Waals surface area contributed by atoms with Gasteiger partial charge in [-0.25, -0.2) is 13.4 Å². The van der Waals surface area contributed by atoms with Gasteiger partial charge in [-0.2, -0.15) is 13.2 Å². The van der Waals surface area contributed by atoms with Crippen molar-refractivity contribution >= 4 is 15.7 Å². The summed E-state index contributed by atoms with van der Waals surface area (Å²) in [7, 11) is -3.37. The normalized spacial score (nSPS) is 11.8. The Morgan fingerprint density at radius 2 is 1.74 bits per heavy atom. The van der Waals surface area contributed by atoms with Crippen LogP contribution < -0.4 is 14.2 Å². The van der Waals surface area contributed by atoms with E-state index < -0.39 is 21.8 Å². The summed E-state index contributed by atoms with van der Waals surface area (Å²) in [4.78, 5) is 4.19. The van der Waals surface area contributed by atoms with E-state index in [0.29, 0.717) is 34.2 Å². The average molecular weight is 452 g/mol. The maximum absolute atomic E-state index is 12.6. The minimum absolute atomic E-state index is 0.129. The average Bonchev–Trinajstić information content (AvgIpc) is 2.68. The zero-order valence-electron chi connectivity index (χ0n) is 16.6. The first-order valence-corrected chi connectivity index (χ1v) is 10.9. The van der Waals surface area contributed by atoms with E-state index in [1.807, 2.05) is 0 Å². The molecule has 0 unspecified atom stereocenters. The molecule has 0 aliphatic heterocycles. The lowest BCUT2D eigenvalue weighted by Crippen LogP contribution is -2.09. The van der Waals surface area contributed by atoms with Crippen LogP contribution in [-0.4, -0.2) is 19.7 Å². The Kier molecular flexibility index (Phi) is 6.40. The molecule has 164 valence electrons. The summed E-state index contributed by atoms with van der Waals surface area (Å²) < 4.78 is 74.0. The molecule has 1 aromatic heterocycles. The molecule has 0 saturated heterocycles. The van der Waals surface area contributed by atoms with Crippen molar-refractivity contribution in [3.63, 3.8) is 0 Å². The summed E-state index contributed by atoms with van der Waals surface area (Å²) in [5.74, 6) is 1.15. The highest BCUT2D eigenvalue weighted by Crippen LogP contribution is 2.30. The lowest BCUT2D eigenvalue weighted by Gasteiger charge is -2.11. The van der Waals surface area contributed by atoms with E-state index in [9.17, 15) is 21.6 Å². The van der Waals surface area contributed by atoms with E-state index in [0.717, 1.165) is 18.4 Å². The third kappa shape index (κ3) is 6.61. The van der Waals surface area contributed by atoms with Gasteiger partial charge in [0, 0.05) is 23.5 Å². The number of benzene rings is 2. The highest BCUT2D eigenvalue weighted by molar-refractivity contribution is 7.92. The van der Waals surface area contributed by atoms with Gasteiger partial charge >= 0.3 is 6.18 Å². The first kappa shape index (κ1) is 22.4. The molecule has 3 rings (SSSR count). The van der Waals surface area contributed by atoms with Crippen LogP contribution in [0.25, 0.3) is 0 Å². The summed E-state index contributed by atoms with van der Waals surface area (Å²) in [5, 5.41) is 0. The zero-order valence-corrected chi connectivity index (χ0v) is 17.4. The Morgan fingerprint density at radius 3 is 2.29 bits per heavy atom. The molecule has 3 aromatic rings. The van der Waals surface area contributed by atoms with Gasteiger partial charge in [0.15, 0.2) is 0 Å². The number of hydrogen-bond donors (Lipinski definition) is 1. The minimum atomic E-state index is -4.39. The highest BCUT2D eigenvalue weighted by Gasteiger charge is 2.30. The lowest BCUT2D eigenvalue weighted by atomic mass is 10.2. The quantitative estimate of drug-likeness (QED) is 0.536. The van der Waals surface area contributed by atoms with Crippen LogP contribution in [-0.2, 0) is 22.8 Å². The molecule has 0 spiro atoms. The topological polar surface area (TPSA) is 77.5 Å². The number of ether oxygens (including phenoxy) is 2. The van der Waals surface area contributed by atoms with Crippen molar-refractivity contribution in [3.8, 4) is 17.4 Å². The van der Waals surface area contributed by atoms with Crippen LogP contribution in [0.3, 0.4) is 0 Å². The van der Waals surface area contributed by atoms with Crippen LogP contribution >= 0.6 is 0 Å². The second-order valence-corrected chi connectivity index (χ2v) is 8.52. The van der Waals surface area contributed by atoms with Gasteiger partial charge in [0.1, 0.15) is 18.1 Å². The first-order chi connectivity index (χ1) is 14.5. The largest absolute Gasteiger partial charge is 0.489 e. The smallest absolute Gasteiger partial charge is 0.416 e. The van der Waals surface area contributed by atoms with Crippen molar-refractivity contribution in [2.75, 3.05) is 11.0 Å². The van der Waals surface area contributed by atoms with E-state index in [4.69, 9.17) is 9.47 Å². The third-order valence-corrected chi connectivity index (χ3v) is 4.68. The Hall–Kier alpha value is -3.27. The number of anilines is 1. The molecule has 0 saturated carbocycles. The van der Waals surface area contributed by atoms with Gasteiger partial charge in [-0.3, -0.25) is 4.72 Å². The Labute approximate surface area is 177 Å². The van der Waals surface area contributed by atoms with Gasteiger partial charge in [0.25, 0.3) is 0 Å². The Bertz CT molecular complexity index is 1150. The van der Waals surface area contributed by atoms with Crippen molar-refractivity contribution in [3.05, 3.63) is 77.5 Å². The van der Waals surface area contributed by atoms with E-state index in [1.165, 1.54) is 18.3 Å². The number of hydrogen-bond acceptors (Lipinski definition) is 5. The van der Waals surface area contributed by atoms with Crippen molar-refractivity contribution in [2.45, 2.75) is 19.7 Å². The van der Waals surface area contributed by atoms with E-state index >= 15 is 0 Å². The summed E-state index contributed by atoms with van der Waals surface area (Å²) in [5.41, 5.74) is 1.11. The molecule has 1 N–H and O–H groups in total. The van der Waals surface area contributed by atoms with Gasteiger partial charge < -0.3 is 9.47 Å². The lowest BCUT2D eigenvalue weighted by molar-refractivity contribution is -0.137. The molecular formula is C21H19F3N2O4S. The summed E-state index contributed by atoms with van der Waals surface area (Å²) >= 11 is 0. The molecule has 6 nitrogen and oxygen atoms in total. The van der Waals surface area contributed by atoms with Crippen molar-refractivity contribution < 1.29 is 31.1 Å². The summed E-state index contributed by atoms with van der Waals surface area (Å²) in [6, 6.07) is 12.7. The van der Waals surface area contributed by atoms with Crippen LogP contribution in [0.5, 0.6) is 17.4 Å².